The lowest BCUT2D eigenvalue weighted by Gasteiger charge is -2.13. The van der Waals surface area contributed by atoms with Gasteiger partial charge in [0.2, 0.25) is 5.91 Å². The predicted molar refractivity (Wildman–Crippen MR) is 136 cm³/mol. The average Bonchev–Trinajstić information content (AvgIpc) is 2.70. The van der Waals surface area contributed by atoms with Crippen LogP contribution in [-0.4, -0.2) is 38.6 Å². The number of carbonyl (C=O) groups is 1. The van der Waals surface area contributed by atoms with E-state index in [1.165, 1.54) is 0 Å². The number of anilines is 1. The summed E-state index contributed by atoms with van der Waals surface area (Å²) in [5.41, 5.74) is 2.80. The summed E-state index contributed by atoms with van der Waals surface area (Å²) in [7, 11) is 1.67. The SMILES string of the molecule is CCNC(=NCCC(=O)Nc1ccc(C)cc1Cl)NCCc1ccccc1OC.I. The van der Waals surface area contributed by atoms with Crippen molar-refractivity contribution >= 4 is 53.1 Å². The molecule has 30 heavy (non-hydrogen) atoms. The Kier molecular flexibility index (Phi) is 12.2. The smallest absolute Gasteiger partial charge is 0.226 e. The summed E-state index contributed by atoms with van der Waals surface area (Å²) in [5.74, 6) is 1.44. The number of aliphatic imine (C=N–C) groups is 1. The van der Waals surface area contributed by atoms with Gasteiger partial charge in [-0.1, -0.05) is 35.9 Å². The number of rotatable bonds is 9. The van der Waals surface area contributed by atoms with Crippen LogP contribution in [0, 0.1) is 6.92 Å². The minimum Gasteiger partial charge on any atom is -0.496 e. The van der Waals surface area contributed by atoms with Gasteiger partial charge in [0.15, 0.2) is 5.96 Å². The van der Waals surface area contributed by atoms with Crippen LogP contribution in [0.2, 0.25) is 5.02 Å². The monoisotopic (exact) mass is 544 g/mol. The Morgan fingerprint density at radius 1 is 1.17 bits per heavy atom. The predicted octanol–water partition coefficient (Wildman–Crippen LogP) is 4.40. The Morgan fingerprint density at radius 3 is 2.63 bits per heavy atom. The molecular weight excluding hydrogens is 515 g/mol. The molecule has 0 radical (unpaired) electrons. The fraction of sp³-hybridized carbons (Fsp3) is 0.364. The molecule has 0 aliphatic rings. The zero-order valence-electron chi connectivity index (χ0n) is 17.6. The fourth-order valence-corrected chi connectivity index (χ4v) is 3.05. The highest BCUT2D eigenvalue weighted by Gasteiger charge is 2.07. The molecule has 0 saturated carbocycles. The first-order chi connectivity index (χ1) is 14.0. The molecule has 6 nitrogen and oxygen atoms in total. The molecule has 0 fully saturated rings. The van der Waals surface area contributed by atoms with Gasteiger partial charge in [0, 0.05) is 19.5 Å². The van der Waals surface area contributed by atoms with Crippen molar-refractivity contribution < 1.29 is 9.53 Å². The topological polar surface area (TPSA) is 74.8 Å². The van der Waals surface area contributed by atoms with E-state index in [1.807, 2.05) is 56.3 Å². The maximum atomic E-state index is 12.2. The lowest BCUT2D eigenvalue weighted by molar-refractivity contribution is -0.116. The number of hydrogen-bond donors (Lipinski definition) is 3. The van der Waals surface area contributed by atoms with E-state index in [2.05, 4.69) is 20.9 Å². The van der Waals surface area contributed by atoms with Crippen LogP contribution < -0.4 is 20.7 Å². The zero-order chi connectivity index (χ0) is 21.1. The van der Waals surface area contributed by atoms with Crippen LogP contribution in [0.4, 0.5) is 5.69 Å². The van der Waals surface area contributed by atoms with Crippen LogP contribution in [0.25, 0.3) is 0 Å². The quantitative estimate of drug-likeness (QED) is 0.249. The van der Waals surface area contributed by atoms with E-state index >= 15 is 0 Å². The van der Waals surface area contributed by atoms with Crippen molar-refractivity contribution in [1.29, 1.82) is 0 Å². The number of nitrogens with zero attached hydrogens (tertiary/aromatic N) is 1. The number of guanidine groups is 1. The molecule has 0 spiro atoms. The third-order valence-corrected chi connectivity index (χ3v) is 4.54. The van der Waals surface area contributed by atoms with E-state index in [9.17, 15) is 4.79 Å². The van der Waals surface area contributed by atoms with Gasteiger partial charge in [0.25, 0.3) is 0 Å². The van der Waals surface area contributed by atoms with Crippen molar-refractivity contribution in [2.24, 2.45) is 4.99 Å². The number of methoxy groups -OCH3 is 1. The van der Waals surface area contributed by atoms with Crippen LogP contribution in [0.5, 0.6) is 5.75 Å². The fourth-order valence-electron chi connectivity index (χ4n) is 2.77. The highest BCUT2D eigenvalue weighted by atomic mass is 127. The Balaban J connectivity index is 0.00000450. The van der Waals surface area contributed by atoms with Crippen LogP contribution in [0.1, 0.15) is 24.5 Å². The first-order valence-electron chi connectivity index (χ1n) is 9.73. The number of nitrogens with one attached hydrogen (secondary N) is 3. The number of hydrogen-bond acceptors (Lipinski definition) is 3. The van der Waals surface area contributed by atoms with Crippen molar-refractivity contribution in [3.8, 4) is 5.75 Å². The van der Waals surface area contributed by atoms with E-state index in [-0.39, 0.29) is 36.3 Å². The minimum atomic E-state index is -0.121. The second-order valence-electron chi connectivity index (χ2n) is 6.53. The van der Waals surface area contributed by atoms with Gasteiger partial charge in [-0.15, -0.1) is 24.0 Å². The van der Waals surface area contributed by atoms with Crippen molar-refractivity contribution in [2.45, 2.75) is 26.7 Å². The molecule has 2 aromatic carbocycles. The molecule has 164 valence electrons. The Bertz CT molecular complexity index is 846. The van der Waals surface area contributed by atoms with E-state index in [0.29, 0.717) is 29.8 Å². The third kappa shape index (κ3) is 8.79. The van der Waals surface area contributed by atoms with E-state index in [4.69, 9.17) is 16.3 Å². The van der Waals surface area contributed by atoms with Crippen LogP contribution in [0.15, 0.2) is 47.5 Å². The summed E-state index contributed by atoms with van der Waals surface area (Å²) in [5, 5.41) is 9.84. The first-order valence-corrected chi connectivity index (χ1v) is 10.1. The van der Waals surface area contributed by atoms with Crippen LogP contribution >= 0.6 is 35.6 Å². The molecular formula is C22H30ClIN4O2. The van der Waals surface area contributed by atoms with Gasteiger partial charge in [0.05, 0.1) is 24.4 Å². The highest BCUT2D eigenvalue weighted by molar-refractivity contribution is 14.0. The molecule has 0 atom stereocenters. The van der Waals surface area contributed by atoms with Crippen LogP contribution in [0.3, 0.4) is 0 Å². The molecule has 8 heteroatoms. The molecule has 0 aliphatic carbocycles. The standard InChI is InChI=1S/C22H29ClN4O2.HI/c1-4-24-22(25-13-11-17-7-5-6-8-20(17)29-3)26-14-12-21(28)27-19-10-9-16(2)15-18(19)23;/h5-10,15H,4,11-14H2,1-3H3,(H,27,28)(H2,24,25,26);1H. The summed E-state index contributed by atoms with van der Waals surface area (Å²) in [6.45, 7) is 5.78. The number of benzene rings is 2. The van der Waals surface area contributed by atoms with Gasteiger partial charge >= 0.3 is 0 Å². The Hall–Kier alpha value is -2.00. The van der Waals surface area contributed by atoms with Gasteiger partial charge in [-0.05, 0) is 49.6 Å². The normalized spacial score (nSPS) is 10.7. The van der Waals surface area contributed by atoms with Crippen molar-refractivity contribution in [2.75, 3.05) is 32.1 Å². The molecule has 0 aromatic heterocycles. The number of aryl methyl sites for hydroxylation is 1. The highest BCUT2D eigenvalue weighted by Crippen LogP contribution is 2.22. The second kappa shape index (κ2) is 14.1. The third-order valence-electron chi connectivity index (χ3n) is 4.23. The second-order valence-corrected chi connectivity index (χ2v) is 6.94. The maximum Gasteiger partial charge on any atom is 0.226 e. The van der Waals surface area contributed by atoms with Gasteiger partial charge in [-0.3, -0.25) is 9.79 Å². The number of para-hydroxylation sites is 1. The summed E-state index contributed by atoms with van der Waals surface area (Å²) in [4.78, 5) is 16.6. The number of ether oxygens (including phenoxy) is 1. The van der Waals surface area contributed by atoms with Crippen molar-refractivity contribution in [3.05, 3.63) is 58.6 Å². The van der Waals surface area contributed by atoms with Gasteiger partial charge < -0.3 is 20.7 Å². The van der Waals surface area contributed by atoms with E-state index in [1.54, 1.807) is 7.11 Å². The molecule has 1 amide bonds. The number of amides is 1. The van der Waals surface area contributed by atoms with Crippen LogP contribution in [-0.2, 0) is 11.2 Å². The molecule has 0 saturated heterocycles. The van der Waals surface area contributed by atoms with Gasteiger partial charge in [-0.2, -0.15) is 0 Å². The van der Waals surface area contributed by atoms with E-state index < -0.39 is 0 Å². The molecule has 0 heterocycles. The molecule has 0 bridgehead atoms. The number of halogens is 2. The lowest BCUT2D eigenvalue weighted by atomic mass is 10.1. The van der Waals surface area contributed by atoms with Crippen molar-refractivity contribution in [1.82, 2.24) is 10.6 Å². The largest absolute Gasteiger partial charge is 0.496 e. The molecule has 2 aromatic rings. The lowest BCUT2D eigenvalue weighted by Crippen LogP contribution is -2.38. The molecule has 0 aliphatic heterocycles. The van der Waals surface area contributed by atoms with Crippen molar-refractivity contribution in [3.63, 3.8) is 0 Å². The van der Waals surface area contributed by atoms with E-state index in [0.717, 1.165) is 29.8 Å². The zero-order valence-corrected chi connectivity index (χ0v) is 20.7. The summed E-state index contributed by atoms with van der Waals surface area (Å²) in [6, 6.07) is 13.5. The molecule has 2 rings (SSSR count). The molecule has 0 unspecified atom stereocenters. The average molecular weight is 545 g/mol. The Labute approximate surface area is 200 Å². The maximum absolute atomic E-state index is 12.2. The first kappa shape index (κ1) is 26.0. The summed E-state index contributed by atoms with van der Waals surface area (Å²) < 4.78 is 5.38. The molecule has 3 N–H and O–H groups in total. The van der Waals surface area contributed by atoms with Gasteiger partial charge in [-0.25, -0.2) is 0 Å². The summed E-state index contributed by atoms with van der Waals surface area (Å²) in [6.07, 6.45) is 1.08. The minimum absolute atomic E-state index is 0. The van der Waals surface area contributed by atoms with Gasteiger partial charge in [0.1, 0.15) is 5.75 Å². The summed E-state index contributed by atoms with van der Waals surface area (Å²) >= 11 is 6.16. The Morgan fingerprint density at radius 2 is 1.93 bits per heavy atom. The number of carbonyl (C=O) groups excluding carboxylic acids is 1.